The van der Waals surface area contributed by atoms with Crippen molar-refractivity contribution in [1.29, 1.82) is 0 Å². The van der Waals surface area contributed by atoms with Crippen LogP contribution in [0.5, 0.6) is 6.01 Å². The van der Waals surface area contributed by atoms with Crippen molar-refractivity contribution in [2.75, 3.05) is 11.5 Å². The molecule has 0 radical (unpaired) electrons. The molecule has 0 unspecified atom stereocenters. The summed E-state index contributed by atoms with van der Waals surface area (Å²) in [4.78, 5) is 8.28. The van der Waals surface area contributed by atoms with Gasteiger partial charge in [0.05, 0.1) is 22.7 Å². The minimum absolute atomic E-state index is 0.0232. The molecule has 126 valence electrons. The van der Waals surface area contributed by atoms with Crippen LogP contribution < -0.4 is 10.2 Å². The lowest BCUT2D eigenvalue weighted by atomic mass is 9.81. The topological polar surface area (TPSA) is 87.6 Å². The van der Waals surface area contributed by atoms with Gasteiger partial charge in [-0.25, -0.2) is 18.4 Å². The molecule has 1 aromatic rings. The van der Waals surface area contributed by atoms with Crippen molar-refractivity contribution in [3.05, 3.63) is 12.4 Å². The Bertz CT molecular complexity index is 674. The molecule has 9 heteroatoms. The van der Waals surface area contributed by atoms with E-state index in [0.29, 0.717) is 11.9 Å². The molecule has 0 N–H and O–H groups in total. The maximum absolute atomic E-state index is 11.4. The molecule has 0 aromatic carbocycles. The summed E-state index contributed by atoms with van der Waals surface area (Å²) in [6.07, 6.45) is 3.29. The fraction of sp³-hybridized carbons (Fsp3) is 0.714. The van der Waals surface area contributed by atoms with Crippen molar-refractivity contribution in [2.24, 2.45) is 0 Å². The zero-order valence-electron chi connectivity index (χ0n) is 13.8. The average molecular weight is 340 g/mol. The Morgan fingerprint density at radius 2 is 1.74 bits per heavy atom. The molecular weight excluding hydrogens is 319 g/mol. The molecular formula is C14H21BN2O5S. The van der Waals surface area contributed by atoms with E-state index >= 15 is 0 Å². The van der Waals surface area contributed by atoms with E-state index in [4.69, 9.17) is 14.0 Å². The molecule has 0 saturated carbocycles. The van der Waals surface area contributed by atoms with Crippen molar-refractivity contribution in [1.82, 2.24) is 9.97 Å². The Morgan fingerprint density at radius 3 is 2.22 bits per heavy atom. The smallest absolute Gasteiger partial charge is 0.459 e. The predicted molar refractivity (Wildman–Crippen MR) is 85.4 cm³/mol. The molecule has 2 aliphatic rings. The van der Waals surface area contributed by atoms with E-state index in [-0.39, 0.29) is 23.6 Å². The van der Waals surface area contributed by atoms with E-state index in [1.807, 2.05) is 27.7 Å². The molecule has 23 heavy (non-hydrogen) atoms. The van der Waals surface area contributed by atoms with E-state index in [0.717, 1.165) is 0 Å². The highest BCUT2D eigenvalue weighted by Crippen LogP contribution is 2.36. The first kappa shape index (κ1) is 16.7. The highest BCUT2D eigenvalue weighted by Gasteiger charge is 2.52. The van der Waals surface area contributed by atoms with Gasteiger partial charge in [0.2, 0.25) is 0 Å². The molecule has 0 bridgehead atoms. The molecule has 0 spiro atoms. The van der Waals surface area contributed by atoms with Crippen molar-refractivity contribution in [3.8, 4) is 6.01 Å². The minimum Gasteiger partial charge on any atom is -0.459 e. The molecule has 7 nitrogen and oxygen atoms in total. The molecule has 2 fully saturated rings. The van der Waals surface area contributed by atoms with Crippen LogP contribution in [0.3, 0.4) is 0 Å². The first-order valence-electron chi connectivity index (χ1n) is 7.63. The van der Waals surface area contributed by atoms with Crippen molar-refractivity contribution >= 4 is 22.4 Å². The summed E-state index contributed by atoms with van der Waals surface area (Å²) in [5.41, 5.74) is -0.147. The highest BCUT2D eigenvalue weighted by molar-refractivity contribution is 7.91. The van der Waals surface area contributed by atoms with Crippen molar-refractivity contribution < 1.29 is 22.5 Å². The van der Waals surface area contributed by atoms with Gasteiger partial charge in [-0.3, -0.25) is 0 Å². The lowest BCUT2D eigenvalue weighted by Gasteiger charge is -2.32. The number of aromatic nitrogens is 2. The first-order chi connectivity index (χ1) is 10.6. The minimum atomic E-state index is -2.98. The summed E-state index contributed by atoms with van der Waals surface area (Å²) >= 11 is 0. The maximum Gasteiger partial charge on any atom is 0.498 e. The molecule has 3 heterocycles. The SMILES string of the molecule is CC1(C)OB(c2cnc(O[C@H]3CCS(=O)(=O)C3)nc2)OC1(C)C. The third-order valence-electron chi connectivity index (χ3n) is 4.64. The zero-order chi connectivity index (χ0) is 16.9. The number of hydrogen-bond acceptors (Lipinski definition) is 7. The van der Waals surface area contributed by atoms with Gasteiger partial charge in [0.15, 0.2) is 9.84 Å². The van der Waals surface area contributed by atoms with Crippen LogP contribution in [0, 0.1) is 0 Å². The van der Waals surface area contributed by atoms with Gasteiger partial charge in [-0.2, -0.15) is 0 Å². The highest BCUT2D eigenvalue weighted by atomic mass is 32.2. The van der Waals surface area contributed by atoms with Crippen LogP contribution in [0.4, 0.5) is 0 Å². The Kier molecular flexibility index (Phi) is 3.93. The number of hydrogen-bond donors (Lipinski definition) is 0. The van der Waals surface area contributed by atoms with Gasteiger partial charge < -0.3 is 14.0 Å². The largest absolute Gasteiger partial charge is 0.498 e. The number of nitrogens with zero attached hydrogens (tertiary/aromatic N) is 2. The predicted octanol–water partition coefficient (Wildman–Crippen LogP) is 0.342. The van der Waals surface area contributed by atoms with Gasteiger partial charge in [0.1, 0.15) is 6.10 Å². The van der Waals surface area contributed by atoms with Gasteiger partial charge in [0.25, 0.3) is 0 Å². The fourth-order valence-electron chi connectivity index (χ4n) is 2.49. The second-order valence-electron chi connectivity index (χ2n) is 7.03. The monoisotopic (exact) mass is 340 g/mol. The van der Waals surface area contributed by atoms with E-state index in [1.54, 1.807) is 12.4 Å². The van der Waals surface area contributed by atoms with Gasteiger partial charge in [0, 0.05) is 17.9 Å². The van der Waals surface area contributed by atoms with Crippen LogP contribution in [0.2, 0.25) is 0 Å². The average Bonchev–Trinajstić information content (AvgIpc) is 2.87. The Hall–Kier alpha value is -1.19. The van der Waals surface area contributed by atoms with E-state index in [1.165, 1.54) is 0 Å². The van der Waals surface area contributed by atoms with E-state index < -0.39 is 28.2 Å². The Labute approximate surface area is 136 Å². The van der Waals surface area contributed by atoms with E-state index in [9.17, 15) is 8.42 Å². The lowest BCUT2D eigenvalue weighted by Crippen LogP contribution is -2.41. The summed E-state index contributed by atoms with van der Waals surface area (Å²) < 4.78 is 40.2. The molecule has 0 amide bonds. The lowest BCUT2D eigenvalue weighted by molar-refractivity contribution is 0.00578. The van der Waals surface area contributed by atoms with Crippen LogP contribution in [0.1, 0.15) is 34.1 Å². The van der Waals surface area contributed by atoms with Crippen molar-refractivity contribution in [2.45, 2.75) is 51.4 Å². The van der Waals surface area contributed by atoms with Gasteiger partial charge >= 0.3 is 13.1 Å². The first-order valence-corrected chi connectivity index (χ1v) is 9.45. The standard InChI is InChI=1S/C14H21BN2O5S/c1-13(2)14(3,4)22-15(21-13)10-7-16-12(17-8-10)20-11-5-6-23(18,19)9-11/h7-8,11H,5-6,9H2,1-4H3/t11-/m0/s1. The fourth-order valence-corrected chi connectivity index (χ4v) is 4.08. The molecule has 1 aromatic heterocycles. The number of sulfone groups is 1. The summed E-state index contributed by atoms with van der Waals surface area (Å²) in [6, 6.07) is 0.173. The second-order valence-corrected chi connectivity index (χ2v) is 9.26. The van der Waals surface area contributed by atoms with Crippen LogP contribution in [-0.2, 0) is 19.1 Å². The third-order valence-corrected chi connectivity index (χ3v) is 6.37. The Balaban J connectivity index is 1.67. The zero-order valence-corrected chi connectivity index (χ0v) is 14.6. The maximum atomic E-state index is 11.4. The summed E-state index contributed by atoms with van der Waals surface area (Å²) in [5.74, 6) is 0.180. The number of rotatable bonds is 3. The molecule has 0 aliphatic carbocycles. The second kappa shape index (κ2) is 5.42. The molecule has 2 aliphatic heterocycles. The third kappa shape index (κ3) is 3.36. The summed E-state index contributed by atoms with van der Waals surface area (Å²) in [5, 5.41) is 0. The van der Waals surface area contributed by atoms with E-state index in [2.05, 4.69) is 9.97 Å². The summed E-state index contributed by atoms with van der Waals surface area (Å²) in [6.45, 7) is 7.91. The number of ether oxygens (including phenoxy) is 1. The van der Waals surface area contributed by atoms with Crippen molar-refractivity contribution in [3.63, 3.8) is 0 Å². The van der Waals surface area contributed by atoms with Crippen LogP contribution in [0.25, 0.3) is 0 Å². The molecule has 2 saturated heterocycles. The van der Waals surface area contributed by atoms with Gasteiger partial charge in [-0.15, -0.1) is 0 Å². The Morgan fingerprint density at radius 1 is 1.17 bits per heavy atom. The van der Waals surface area contributed by atoms with Gasteiger partial charge in [-0.05, 0) is 34.1 Å². The van der Waals surface area contributed by atoms with Crippen LogP contribution in [-0.4, -0.2) is 54.3 Å². The quantitative estimate of drug-likeness (QED) is 0.733. The molecule has 1 atom stereocenters. The van der Waals surface area contributed by atoms with Crippen LogP contribution in [0.15, 0.2) is 12.4 Å². The van der Waals surface area contributed by atoms with Gasteiger partial charge in [-0.1, -0.05) is 0 Å². The molecule has 3 rings (SSSR count). The normalized spacial score (nSPS) is 28.0. The summed E-state index contributed by atoms with van der Waals surface area (Å²) in [7, 11) is -3.51. The van der Waals surface area contributed by atoms with Crippen LogP contribution >= 0.6 is 0 Å².